The molecule has 0 fully saturated rings. The van der Waals surface area contributed by atoms with Gasteiger partial charge in [0.15, 0.2) is 11.2 Å². The van der Waals surface area contributed by atoms with Crippen LogP contribution in [-0.4, -0.2) is 33.7 Å². The molecule has 31 heavy (non-hydrogen) atoms. The molecular formula is C23H25N7O. The third kappa shape index (κ3) is 3.34. The van der Waals surface area contributed by atoms with Gasteiger partial charge < -0.3 is 4.98 Å². The Kier molecular flexibility index (Phi) is 4.69. The number of fused-ring (bicyclic) bond motifs is 3. The number of hydrogen-bond acceptors (Lipinski definition) is 4. The molecule has 8 heteroatoms. The van der Waals surface area contributed by atoms with E-state index in [9.17, 15) is 4.79 Å². The number of benzene rings is 1. The first kappa shape index (κ1) is 19.3. The van der Waals surface area contributed by atoms with Gasteiger partial charge in [-0.15, -0.1) is 0 Å². The van der Waals surface area contributed by atoms with Crippen LogP contribution in [0.1, 0.15) is 44.2 Å². The lowest BCUT2D eigenvalue weighted by Crippen LogP contribution is -2.23. The van der Waals surface area contributed by atoms with E-state index in [1.54, 1.807) is 17.0 Å². The number of nitrogens with one attached hydrogen (secondary N) is 1. The molecule has 0 atom stereocenters. The summed E-state index contributed by atoms with van der Waals surface area (Å²) in [4.78, 5) is 25.3. The van der Waals surface area contributed by atoms with Crippen molar-refractivity contribution in [3.63, 3.8) is 0 Å². The molecule has 0 saturated carbocycles. The lowest BCUT2D eigenvalue weighted by Gasteiger charge is -2.07. The SMILES string of the molecule is CCCn1c(=O)c2[nH]c(-c3cnn(Cc4ccc(C(C)C)cc4)c3)nc2n2ccnc12. The Morgan fingerprint density at radius 2 is 1.97 bits per heavy atom. The second-order valence-electron chi connectivity index (χ2n) is 8.16. The van der Waals surface area contributed by atoms with Crippen molar-refractivity contribution in [2.24, 2.45) is 0 Å². The number of H-pyrrole nitrogens is 1. The molecule has 0 bridgehead atoms. The molecule has 0 radical (unpaired) electrons. The van der Waals surface area contributed by atoms with Gasteiger partial charge in [-0.3, -0.25) is 18.4 Å². The van der Waals surface area contributed by atoms with Crippen LogP contribution >= 0.6 is 0 Å². The van der Waals surface area contributed by atoms with Crippen LogP contribution in [-0.2, 0) is 13.1 Å². The van der Waals surface area contributed by atoms with Gasteiger partial charge in [-0.05, 0) is 23.5 Å². The van der Waals surface area contributed by atoms with E-state index in [4.69, 9.17) is 4.98 Å². The second kappa shape index (κ2) is 7.54. The van der Waals surface area contributed by atoms with Crippen LogP contribution in [0.4, 0.5) is 0 Å². The van der Waals surface area contributed by atoms with E-state index in [0.29, 0.717) is 41.8 Å². The van der Waals surface area contributed by atoms with Crippen LogP contribution < -0.4 is 5.56 Å². The lowest BCUT2D eigenvalue weighted by molar-refractivity contribution is 0.663. The first-order chi connectivity index (χ1) is 15.0. The summed E-state index contributed by atoms with van der Waals surface area (Å²) in [5.41, 5.74) is 4.30. The third-order valence-corrected chi connectivity index (χ3v) is 5.58. The maximum Gasteiger partial charge on any atom is 0.280 e. The van der Waals surface area contributed by atoms with Crippen LogP contribution in [0, 0.1) is 0 Å². The van der Waals surface area contributed by atoms with Gasteiger partial charge in [0, 0.05) is 25.1 Å². The van der Waals surface area contributed by atoms with Crippen LogP contribution in [0.2, 0.25) is 0 Å². The zero-order valence-electron chi connectivity index (χ0n) is 17.9. The molecule has 8 nitrogen and oxygen atoms in total. The largest absolute Gasteiger partial charge is 0.332 e. The summed E-state index contributed by atoms with van der Waals surface area (Å²) in [7, 11) is 0. The average Bonchev–Trinajstić information content (AvgIpc) is 3.50. The fraction of sp³-hybridized carbons (Fsp3) is 0.304. The second-order valence-corrected chi connectivity index (χ2v) is 8.16. The summed E-state index contributed by atoms with van der Waals surface area (Å²) in [6.07, 6.45) is 8.09. The zero-order valence-corrected chi connectivity index (χ0v) is 17.9. The highest BCUT2D eigenvalue weighted by atomic mass is 16.1. The number of aromatic nitrogens is 7. The maximum absolute atomic E-state index is 13.0. The van der Waals surface area contributed by atoms with Crippen molar-refractivity contribution in [1.82, 2.24) is 33.7 Å². The monoisotopic (exact) mass is 415 g/mol. The molecule has 0 unspecified atom stereocenters. The molecule has 1 N–H and O–H groups in total. The Morgan fingerprint density at radius 3 is 2.71 bits per heavy atom. The molecule has 0 saturated heterocycles. The van der Waals surface area contributed by atoms with E-state index in [1.165, 1.54) is 11.1 Å². The van der Waals surface area contributed by atoms with E-state index in [1.807, 2.05) is 28.4 Å². The van der Waals surface area contributed by atoms with E-state index in [2.05, 4.69) is 53.2 Å². The van der Waals surface area contributed by atoms with Gasteiger partial charge in [-0.1, -0.05) is 45.0 Å². The van der Waals surface area contributed by atoms with Crippen molar-refractivity contribution in [1.29, 1.82) is 0 Å². The number of imidazole rings is 2. The summed E-state index contributed by atoms with van der Waals surface area (Å²) >= 11 is 0. The van der Waals surface area contributed by atoms with Gasteiger partial charge in [0.05, 0.1) is 18.3 Å². The summed E-state index contributed by atoms with van der Waals surface area (Å²) in [6.45, 7) is 7.71. The number of nitrogens with zero attached hydrogens (tertiary/aromatic N) is 6. The van der Waals surface area contributed by atoms with Crippen molar-refractivity contribution < 1.29 is 0 Å². The molecule has 4 heterocycles. The number of rotatable bonds is 6. The Hall–Kier alpha value is -3.68. The van der Waals surface area contributed by atoms with Crippen molar-refractivity contribution in [2.45, 2.75) is 46.2 Å². The Bertz CT molecular complexity index is 1420. The van der Waals surface area contributed by atoms with Gasteiger partial charge in [0.2, 0.25) is 5.78 Å². The minimum atomic E-state index is -0.105. The van der Waals surface area contributed by atoms with Crippen molar-refractivity contribution in [3.05, 3.63) is 70.5 Å². The Labute approximate surface area is 179 Å². The van der Waals surface area contributed by atoms with Crippen molar-refractivity contribution in [3.8, 4) is 11.4 Å². The smallest absolute Gasteiger partial charge is 0.280 e. The summed E-state index contributed by atoms with van der Waals surface area (Å²) in [5.74, 6) is 1.75. The molecule has 0 amide bonds. The minimum absolute atomic E-state index is 0.105. The van der Waals surface area contributed by atoms with E-state index < -0.39 is 0 Å². The number of hydrogen-bond donors (Lipinski definition) is 1. The van der Waals surface area contributed by atoms with Crippen LogP contribution in [0.5, 0.6) is 0 Å². The Morgan fingerprint density at radius 1 is 1.16 bits per heavy atom. The highest BCUT2D eigenvalue weighted by Crippen LogP contribution is 2.20. The zero-order chi connectivity index (χ0) is 21.5. The molecule has 1 aromatic carbocycles. The first-order valence-corrected chi connectivity index (χ1v) is 10.6. The van der Waals surface area contributed by atoms with E-state index >= 15 is 0 Å². The van der Waals surface area contributed by atoms with Gasteiger partial charge in [-0.25, -0.2) is 9.97 Å². The molecule has 0 aliphatic rings. The predicted octanol–water partition coefficient (Wildman–Crippen LogP) is 3.82. The van der Waals surface area contributed by atoms with Crippen molar-refractivity contribution in [2.75, 3.05) is 0 Å². The fourth-order valence-electron chi connectivity index (χ4n) is 3.90. The molecule has 0 spiro atoms. The van der Waals surface area contributed by atoms with Gasteiger partial charge in [-0.2, -0.15) is 5.10 Å². The summed E-state index contributed by atoms with van der Waals surface area (Å²) in [6, 6.07) is 8.62. The van der Waals surface area contributed by atoms with Crippen LogP contribution in [0.25, 0.3) is 28.3 Å². The van der Waals surface area contributed by atoms with Crippen LogP contribution in [0.15, 0.2) is 53.8 Å². The maximum atomic E-state index is 13.0. The minimum Gasteiger partial charge on any atom is -0.332 e. The topological polar surface area (TPSA) is 85.8 Å². The molecule has 0 aliphatic heterocycles. The quantitative estimate of drug-likeness (QED) is 0.457. The van der Waals surface area contributed by atoms with Crippen LogP contribution in [0.3, 0.4) is 0 Å². The number of aromatic amines is 1. The van der Waals surface area contributed by atoms with E-state index in [-0.39, 0.29) is 5.56 Å². The molecule has 158 valence electrons. The van der Waals surface area contributed by atoms with E-state index in [0.717, 1.165) is 12.0 Å². The Balaban J connectivity index is 1.50. The standard InChI is InChI=1S/C23H25N7O/c1-4-10-30-22(31)19-21(29-11-9-24-23(29)30)27-20(26-19)18-12-25-28(14-18)13-16-5-7-17(8-6-16)15(2)3/h5-9,11-12,14-15H,4,10,13H2,1-3H3,(H,26,27). The van der Waals surface area contributed by atoms with Gasteiger partial charge in [0.1, 0.15) is 5.82 Å². The molecule has 5 aromatic rings. The molecule has 5 rings (SSSR count). The van der Waals surface area contributed by atoms with Gasteiger partial charge in [0.25, 0.3) is 5.56 Å². The summed E-state index contributed by atoms with van der Waals surface area (Å²) in [5, 5.41) is 4.49. The predicted molar refractivity (Wildman–Crippen MR) is 120 cm³/mol. The van der Waals surface area contributed by atoms with Gasteiger partial charge >= 0.3 is 0 Å². The fourth-order valence-corrected chi connectivity index (χ4v) is 3.90. The third-order valence-electron chi connectivity index (χ3n) is 5.58. The normalized spacial score (nSPS) is 11.9. The average molecular weight is 416 g/mol. The molecule has 0 aliphatic carbocycles. The summed E-state index contributed by atoms with van der Waals surface area (Å²) < 4.78 is 5.43. The molecule has 4 aromatic heterocycles. The highest BCUT2D eigenvalue weighted by Gasteiger charge is 2.17. The first-order valence-electron chi connectivity index (χ1n) is 10.6. The lowest BCUT2D eigenvalue weighted by atomic mass is 10.0. The van der Waals surface area contributed by atoms with Crippen molar-refractivity contribution >= 4 is 16.9 Å². The highest BCUT2D eigenvalue weighted by molar-refractivity contribution is 5.77. The number of aryl methyl sites for hydroxylation is 1. The molecular weight excluding hydrogens is 390 g/mol.